The number of carbonyl (C=O) groups is 1. The van der Waals surface area contributed by atoms with Crippen LogP contribution in [0, 0.1) is 5.92 Å². The molecule has 0 amide bonds. The summed E-state index contributed by atoms with van der Waals surface area (Å²) in [6, 6.07) is 8.20. The van der Waals surface area contributed by atoms with Crippen molar-refractivity contribution >= 4 is 5.78 Å². The second-order valence-electron chi connectivity index (χ2n) is 5.56. The Kier molecular flexibility index (Phi) is 4.03. The molecule has 4 nitrogen and oxygen atoms in total. The van der Waals surface area contributed by atoms with Gasteiger partial charge in [0.25, 0.3) is 0 Å². The lowest BCUT2D eigenvalue weighted by Gasteiger charge is -2.39. The highest BCUT2D eigenvalue weighted by atomic mass is 16.5. The molecule has 1 N–H and O–H groups in total. The van der Waals surface area contributed by atoms with E-state index in [-0.39, 0.29) is 11.7 Å². The minimum atomic E-state index is 0.0803. The minimum absolute atomic E-state index is 0.0803. The number of ketones is 1. The van der Waals surface area contributed by atoms with E-state index in [9.17, 15) is 4.79 Å². The molecule has 0 saturated carbocycles. The van der Waals surface area contributed by atoms with E-state index in [1.807, 2.05) is 31.2 Å². The molecule has 2 heterocycles. The molecule has 2 fully saturated rings. The molecule has 1 aromatic carbocycles. The monoisotopic (exact) mass is 275 g/mol. The zero-order valence-electron chi connectivity index (χ0n) is 11.8. The summed E-state index contributed by atoms with van der Waals surface area (Å²) in [5.74, 6) is 1.00. The molecule has 2 saturated heterocycles. The smallest absolute Gasteiger partial charge is 0.169 e. The van der Waals surface area contributed by atoms with Crippen molar-refractivity contribution in [1.82, 2.24) is 5.32 Å². The lowest BCUT2D eigenvalue weighted by molar-refractivity contribution is 0.00947. The maximum atomic E-state index is 12.8. The molecule has 3 rings (SSSR count). The first-order chi connectivity index (χ1) is 9.78. The summed E-state index contributed by atoms with van der Waals surface area (Å²) < 4.78 is 11.1. The molecule has 108 valence electrons. The van der Waals surface area contributed by atoms with Crippen molar-refractivity contribution in [2.24, 2.45) is 5.92 Å². The second kappa shape index (κ2) is 5.94. The number of rotatable bonds is 4. The van der Waals surface area contributed by atoms with Crippen molar-refractivity contribution in [1.29, 1.82) is 0 Å². The van der Waals surface area contributed by atoms with Crippen LogP contribution in [0.15, 0.2) is 24.3 Å². The van der Waals surface area contributed by atoms with Gasteiger partial charge in [-0.1, -0.05) is 12.1 Å². The minimum Gasteiger partial charge on any atom is -0.493 e. The molecule has 0 radical (unpaired) electrons. The van der Waals surface area contributed by atoms with E-state index < -0.39 is 0 Å². The summed E-state index contributed by atoms with van der Waals surface area (Å²) in [5, 5.41) is 3.52. The quantitative estimate of drug-likeness (QED) is 0.854. The lowest BCUT2D eigenvalue weighted by Crippen LogP contribution is -2.55. The number of para-hydroxylation sites is 1. The summed E-state index contributed by atoms with van der Waals surface area (Å²) >= 11 is 0. The first-order valence-electron chi connectivity index (χ1n) is 7.37. The van der Waals surface area contributed by atoms with Gasteiger partial charge in [-0.2, -0.15) is 0 Å². The van der Waals surface area contributed by atoms with Crippen molar-refractivity contribution < 1.29 is 14.3 Å². The van der Waals surface area contributed by atoms with Crippen molar-refractivity contribution in [3.8, 4) is 5.75 Å². The summed E-state index contributed by atoms with van der Waals surface area (Å²) in [5.41, 5.74) is 0.722. The first kappa shape index (κ1) is 13.6. The number of Topliss-reactive ketones (excluding diaryl/α,β-unsaturated/α-hetero) is 1. The number of hydrogen-bond acceptors (Lipinski definition) is 4. The third kappa shape index (κ3) is 2.72. The number of hydrogen-bond donors (Lipinski definition) is 1. The maximum absolute atomic E-state index is 12.8. The Balaban J connectivity index is 1.78. The Labute approximate surface area is 119 Å². The molecule has 2 unspecified atom stereocenters. The van der Waals surface area contributed by atoms with E-state index in [2.05, 4.69) is 5.32 Å². The van der Waals surface area contributed by atoms with Crippen molar-refractivity contribution in [2.75, 3.05) is 19.8 Å². The highest BCUT2D eigenvalue weighted by Crippen LogP contribution is 2.30. The van der Waals surface area contributed by atoms with Gasteiger partial charge in [0, 0.05) is 18.0 Å². The van der Waals surface area contributed by atoms with Crippen LogP contribution in [0.25, 0.3) is 0 Å². The van der Waals surface area contributed by atoms with Gasteiger partial charge in [0.15, 0.2) is 5.78 Å². The summed E-state index contributed by atoms with van der Waals surface area (Å²) in [6.45, 7) is 3.95. The van der Waals surface area contributed by atoms with Gasteiger partial charge in [-0.15, -0.1) is 0 Å². The standard InChI is InChI=1S/C16H21NO3/c1-2-20-15-6-4-3-5-14(15)16(18)11-7-12-9-19-10-13(8-11)17-12/h3-6,11-13,17H,2,7-10H2,1H3. The van der Waals surface area contributed by atoms with E-state index in [1.165, 1.54) is 0 Å². The van der Waals surface area contributed by atoms with Crippen LogP contribution in [-0.2, 0) is 4.74 Å². The summed E-state index contributed by atoms with van der Waals surface area (Å²) in [6.07, 6.45) is 1.71. The molecule has 0 aliphatic carbocycles. The third-order valence-electron chi connectivity index (χ3n) is 4.07. The topological polar surface area (TPSA) is 47.6 Å². The largest absolute Gasteiger partial charge is 0.493 e. The van der Waals surface area contributed by atoms with Gasteiger partial charge >= 0.3 is 0 Å². The van der Waals surface area contributed by atoms with Crippen molar-refractivity contribution in [2.45, 2.75) is 31.8 Å². The van der Waals surface area contributed by atoms with Crippen LogP contribution in [0.5, 0.6) is 5.75 Å². The number of benzene rings is 1. The van der Waals surface area contributed by atoms with Crippen molar-refractivity contribution in [3.05, 3.63) is 29.8 Å². The molecule has 2 aliphatic heterocycles. The number of nitrogens with one attached hydrogen (secondary N) is 1. The normalized spacial score (nSPS) is 28.9. The van der Waals surface area contributed by atoms with Gasteiger partial charge in [0.05, 0.1) is 25.4 Å². The van der Waals surface area contributed by atoms with E-state index in [0.717, 1.165) is 18.4 Å². The fourth-order valence-electron chi connectivity index (χ4n) is 3.22. The van der Waals surface area contributed by atoms with Crippen molar-refractivity contribution in [3.63, 3.8) is 0 Å². The second-order valence-corrected chi connectivity index (χ2v) is 5.56. The zero-order chi connectivity index (χ0) is 13.9. The maximum Gasteiger partial charge on any atom is 0.169 e. The Bertz CT molecular complexity index is 476. The predicted molar refractivity (Wildman–Crippen MR) is 76.2 cm³/mol. The zero-order valence-corrected chi connectivity index (χ0v) is 11.8. The molecule has 2 atom stereocenters. The Morgan fingerprint density at radius 3 is 2.70 bits per heavy atom. The fourth-order valence-corrected chi connectivity index (χ4v) is 3.22. The average Bonchev–Trinajstić information content (AvgIpc) is 2.47. The van der Waals surface area contributed by atoms with Gasteiger partial charge in [-0.25, -0.2) is 0 Å². The third-order valence-corrected chi connectivity index (χ3v) is 4.07. The Morgan fingerprint density at radius 1 is 1.30 bits per heavy atom. The Morgan fingerprint density at radius 2 is 2.00 bits per heavy atom. The van der Waals surface area contributed by atoms with E-state index >= 15 is 0 Å². The fraction of sp³-hybridized carbons (Fsp3) is 0.562. The van der Waals surface area contributed by atoms with Gasteiger partial charge < -0.3 is 14.8 Å². The van der Waals surface area contributed by atoms with Gasteiger partial charge in [0.2, 0.25) is 0 Å². The number of ether oxygens (including phenoxy) is 2. The van der Waals surface area contributed by atoms with Crippen LogP contribution in [0.4, 0.5) is 0 Å². The molecular formula is C16H21NO3. The summed E-state index contributed by atoms with van der Waals surface area (Å²) in [4.78, 5) is 12.8. The Hall–Kier alpha value is -1.39. The van der Waals surface area contributed by atoms with Crippen LogP contribution in [0.2, 0.25) is 0 Å². The van der Waals surface area contributed by atoms with Crippen LogP contribution >= 0.6 is 0 Å². The number of piperidine rings is 1. The van der Waals surface area contributed by atoms with Crippen LogP contribution in [0.1, 0.15) is 30.1 Å². The molecule has 2 bridgehead atoms. The van der Waals surface area contributed by atoms with E-state index in [4.69, 9.17) is 9.47 Å². The van der Waals surface area contributed by atoms with Gasteiger partial charge in [0.1, 0.15) is 5.75 Å². The molecule has 0 aromatic heterocycles. The van der Waals surface area contributed by atoms with Gasteiger partial charge in [-0.05, 0) is 31.9 Å². The molecule has 2 aliphatic rings. The van der Waals surface area contributed by atoms with E-state index in [0.29, 0.717) is 37.7 Å². The average molecular weight is 275 g/mol. The van der Waals surface area contributed by atoms with E-state index in [1.54, 1.807) is 0 Å². The van der Waals surface area contributed by atoms with Crippen LogP contribution in [0.3, 0.4) is 0 Å². The molecule has 20 heavy (non-hydrogen) atoms. The first-order valence-corrected chi connectivity index (χ1v) is 7.37. The molecule has 0 spiro atoms. The molecule has 1 aromatic rings. The number of morpholine rings is 1. The summed E-state index contributed by atoms with van der Waals surface area (Å²) in [7, 11) is 0. The van der Waals surface area contributed by atoms with Crippen LogP contribution < -0.4 is 10.1 Å². The highest BCUT2D eigenvalue weighted by molar-refractivity contribution is 6.00. The lowest BCUT2D eigenvalue weighted by atomic mass is 9.82. The molecule has 4 heteroatoms. The number of fused-ring (bicyclic) bond motifs is 2. The van der Waals surface area contributed by atoms with Crippen LogP contribution in [-0.4, -0.2) is 37.7 Å². The SMILES string of the molecule is CCOc1ccccc1C(=O)C1CC2COCC(C1)N2. The predicted octanol–water partition coefficient (Wildman–Crippen LogP) is 2.04. The van der Waals surface area contributed by atoms with Gasteiger partial charge in [-0.3, -0.25) is 4.79 Å². The highest BCUT2D eigenvalue weighted by Gasteiger charge is 2.36. The number of carbonyl (C=O) groups excluding carboxylic acids is 1. The molecular weight excluding hydrogens is 254 g/mol.